The minimum atomic E-state index is -1.10. The van der Waals surface area contributed by atoms with Gasteiger partial charge in [0.05, 0.1) is 11.1 Å². The second-order valence-corrected chi connectivity index (χ2v) is 4.34. The third-order valence-corrected chi connectivity index (χ3v) is 3.14. The fourth-order valence-electron chi connectivity index (χ4n) is 2.21. The van der Waals surface area contributed by atoms with Crippen LogP contribution in [0.1, 0.15) is 27.2 Å². The van der Waals surface area contributed by atoms with Gasteiger partial charge < -0.3 is 14.4 Å². The SMILES string of the molecule is Cc1ccc(C)c2c1OCc1c(C(=O)O)noc1-2. The van der Waals surface area contributed by atoms with Gasteiger partial charge >= 0.3 is 5.97 Å². The van der Waals surface area contributed by atoms with Crippen molar-refractivity contribution < 1.29 is 19.2 Å². The highest BCUT2D eigenvalue weighted by molar-refractivity contribution is 5.90. The summed E-state index contributed by atoms with van der Waals surface area (Å²) in [7, 11) is 0. The number of carboxylic acids is 1. The highest BCUT2D eigenvalue weighted by atomic mass is 16.5. The lowest BCUT2D eigenvalue weighted by molar-refractivity contribution is 0.0683. The van der Waals surface area contributed by atoms with Gasteiger partial charge in [-0.1, -0.05) is 17.3 Å². The Morgan fingerprint density at radius 1 is 1.33 bits per heavy atom. The summed E-state index contributed by atoms with van der Waals surface area (Å²) >= 11 is 0. The van der Waals surface area contributed by atoms with E-state index in [0.29, 0.717) is 11.3 Å². The molecule has 1 aliphatic rings. The standard InChI is InChI=1S/C13H11NO4/c1-6-3-4-7(2)11-9(6)12-8(5-17-11)10(13(15)16)14-18-12/h3-4H,5H2,1-2H3,(H,15,16). The highest BCUT2D eigenvalue weighted by Crippen LogP contribution is 2.42. The number of nitrogens with zero attached hydrogens (tertiary/aromatic N) is 1. The van der Waals surface area contributed by atoms with Gasteiger partial charge in [0.1, 0.15) is 12.4 Å². The predicted molar refractivity (Wildman–Crippen MR) is 62.7 cm³/mol. The van der Waals surface area contributed by atoms with E-state index in [9.17, 15) is 4.79 Å². The Morgan fingerprint density at radius 3 is 2.78 bits per heavy atom. The van der Waals surface area contributed by atoms with Crippen LogP contribution in [0.15, 0.2) is 16.7 Å². The number of fused-ring (bicyclic) bond motifs is 3. The van der Waals surface area contributed by atoms with Crippen LogP contribution in [0.25, 0.3) is 11.3 Å². The molecule has 0 aliphatic carbocycles. The van der Waals surface area contributed by atoms with Gasteiger partial charge in [0.25, 0.3) is 0 Å². The summed E-state index contributed by atoms with van der Waals surface area (Å²) in [5.74, 6) is 0.155. The first-order valence-corrected chi connectivity index (χ1v) is 5.55. The fourth-order valence-corrected chi connectivity index (χ4v) is 2.21. The Balaban J connectivity index is 2.30. The van der Waals surface area contributed by atoms with E-state index in [4.69, 9.17) is 14.4 Å². The van der Waals surface area contributed by atoms with Gasteiger partial charge in [-0.3, -0.25) is 0 Å². The maximum atomic E-state index is 11.0. The van der Waals surface area contributed by atoms with Gasteiger partial charge in [-0.05, 0) is 25.0 Å². The molecule has 18 heavy (non-hydrogen) atoms. The molecule has 92 valence electrons. The smallest absolute Gasteiger partial charge is 0.358 e. The number of rotatable bonds is 1. The summed E-state index contributed by atoms with van der Waals surface area (Å²) in [5.41, 5.74) is 3.20. The van der Waals surface area contributed by atoms with Crippen LogP contribution in [0.4, 0.5) is 0 Å². The zero-order chi connectivity index (χ0) is 12.9. The first-order valence-electron chi connectivity index (χ1n) is 5.55. The Bertz CT molecular complexity index is 657. The predicted octanol–water partition coefficient (Wildman–Crippen LogP) is 2.55. The highest BCUT2D eigenvalue weighted by Gasteiger charge is 2.30. The quantitative estimate of drug-likeness (QED) is 0.835. The average molecular weight is 245 g/mol. The van der Waals surface area contributed by atoms with E-state index in [1.165, 1.54) is 0 Å². The first-order chi connectivity index (χ1) is 8.59. The van der Waals surface area contributed by atoms with E-state index in [1.54, 1.807) is 0 Å². The lowest BCUT2D eigenvalue weighted by Gasteiger charge is -2.19. The van der Waals surface area contributed by atoms with Crippen molar-refractivity contribution in [3.63, 3.8) is 0 Å². The van der Waals surface area contributed by atoms with Gasteiger partial charge in [0.2, 0.25) is 0 Å². The maximum absolute atomic E-state index is 11.0. The Hall–Kier alpha value is -2.30. The Kier molecular flexibility index (Phi) is 2.16. The number of carbonyl (C=O) groups is 1. The molecule has 0 radical (unpaired) electrons. The Morgan fingerprint density at radius 2 is 2.06 bits per heavy atom. The summed E-state index contributed by atoms with van der Waals surface area (Å²) in [6.07, 6.45) is 0. The zero-order valence-electron chi connectivity index (χ0n) is 9.98. The molecule has 0 bridgehead atoms. The third kappa shape index (κ3) is 1.33. The Labute approximate surface area is 103 Å². The summed E-state index contributed by atoms with van der Waals surface area (Å²) in [4.78, 5) is 11.0. The third-order valence-electron chi connectivity index (χ3n) is 3.14. The van der Waals surface area contributed by atoms with Gasteiger partial charge in [-0.25, -0.2) is 4.79 Å². The lowest BCUT2D eigenvalue weighted by Crippen LogP contribution is -2.10. The number of aryl methyl sites for hydroxylation is 2. The molecule has 1 aromatic heterocycles. The molecule has 5 nitrogen and oxygen atoms in total. The van der Waals surface area contributed by atoms with E-state index in [-0.39, 0.29) is 12.3 Å². The summed E-state index contributed by atoms with van der Waals surface area (Å²) in [6, 6.07) is 3.92. The summed E-state index contributed by atoms with van der Waals surface area (Å²) < 4.78 is 10.8. The fraction of sp³-hybridized carbons (Fsp3) is 0.231. The lowest BCUT2D eigenvalue weighted by atomic mass is 9.96. The van der Waals surface area contributed by atoms with Crippen LogP contribution in [0.3, 0.4) is 0 Å². The van der Waals surface area contributed by atoms with Crippen molar-refractivity contribution >= 4 is 5.97 Å². The summed E-state index contributed by atoms with van der Waals surface area (Å²) in [6.45, 7) is 4.05. The van der Waals surface area contributed by atoms with Crippen molar-refractivity contribution in [2.75, 3.05) is 0 Å². The van der Waals surface area contributed by atoms with Crippen LogP contribution in [-0.2, 0) is 6.61 Å². The van der Waals surface area contributed by atoms with Crippen molar-refractivity contribution in [1.82, 2.24) is 5.16 Å². The number of aromatic nitrogens is 1. The minimum absolute atomic E-state index is 0.0726. The molecule has 0 saturated carbocycles. The van der Waals surface area contributed by atoms with Crippen molar-refractivity contribution in [3.8, 4) is 17.1 Å². The second kappa shape index (κ2) is 3.60. The molecular formula is C13H11NO4. The van der Waals surface area contributed by atoms with Crippen LogP contribution in [0.2, 0.25) is 0 Å². The van der Waals surface area contributed by atoms with E-state index in [2.05, 4.69) is 5.16 Å². The van der Waals surface area contributed by atoms with Gasteiger partial charge in [0.15, 0.2) is 11.5 Å². The molecule has 5 heteroatoms. The molecule has 1 N–H and O–H groups in total. The molecule has 2 heterocycles. The number of ether oxygens (including phenoxy) is 1. The molecule has 0 amide bonds. The number of aromatic carboxylic acids is 1. The minimum Gasteiger partial charge on any atom is -0.488 e. The topological polar surface area (TPSA) is 72.6 Å². The van der Waals surface area contributed by atoms with Crippen molar-refractivity contribution in [2.45, 2.75) is 20.5 Å². The number of hydrogen-bond donors (Lipinski definition) is 1. The van der Waals surface area contributed by atoms with Crippen LogP contribution >= 0.6 is 0 Å². The van der Waals surface area contributed by atoms with Crippen molar-refractivity contribution in [1.29, 1.82) is 0 Å². The summed E-state index contributed by atoms with van der Waals surface area (Å²) in [5, 5.41) is 12.6. The molecule has 0 unspecified atom stereocenters. The van der Waals surface area contributed by atoms with Crippen LogP contribution < -0.4 is 4.74 Å². The van der Waals surface area contributed by atoms with Gasteiger partial charge in [-0.2, -0.15) is 0 Å². The molecule has 0 atom stereocenters. The number of carboxylic acid groups (broad SMARTS) is 1. The van der Waals surface area contributed by atoms with E-state index >= 15 is 0 Å². The largest absolute Gasteiger partial charge is 0.488 e. The number of benzene rings is 1. The van der Waals surface area contributed by atoms with Crippen molar-refractivity contribution in [3.05, 3.63) is 34.5 Å². The van der Waals surface area contributed by atoms with E-state index in [0.717, 1.165) is 22.4 Å². The molecule has 1 aromatic carbocycles. The van der Waals surface area contributed by atoms with Gasteiger partial charge in [0, 0.05) is 0 Å². The molecule has 0 saturated heterocycles. The number of hydrogen-bond acceptors (Lipinski definition) is 4. The van der Waals surface area contributed by atoms with Crippen LogP contribution in [0.5, 0.6) is 5.75 Å². The second-order valence-electron chi connectivity index (χ2n) is 4.34. The van der Waals surface area contributed by atoms with Crippen molar-refractivity contribution in [2.24, 2.45) is 0 Å². The molecule has 1 aliphatic heterocycles. The molecule has 0 spiro atoms. The van der Waals surface area contributed by atoms with Crippen LogP contribution in [-0.4, -0.2) is 16.2 Å². The first kappa shape index (κ1) is 10.8. The molecule has 0 fully saturated rings. The van der Waals surface area contributed by atoms with E-state index in [1.807, 2.05) is 26.0 Å². The zero-order valence-corrected chi connectivity index (χ0v) is 9.98. The molecule has 3 rings (SSSR count). The molecule has 2 aromatic rings. The molecular weight excluding hydrogens is 234 g/mol. The monoisotopic (exact) mass is 245 g/mol. The normalized spacial score (nSPS) is 12.6. The average Bonchev–Trinajstić information content (AvgIpc) is 2.77. The van der Waals surface area contributed by atoms with E-state index < -0.39 is 5.97 Å². The van der Waals surface area contributed by atoms with Crippen LogP contribution in [0, 0.1) is 13.8 Å². The van der Waals surface area contributed by atoms with Gasteiger partial charge in [-0.15, -0.1) is 0 Å². The maximum Gasteiger partial charge on any atom is 0.358 e.